The number of alkyl halides is 3. The molecule has 0 unspecified atom stereocenters. The van der Waals surface area contributed by atoms with Gasteiger partial charge in [-0.15, -0.1) is 0 Å². The predicted molar refractivity (Wildman–Crippen MR) is 55.5 cm³/mol. The molecule has 0 spiro atoms. The van der Waals surface area contributed by atoms with Gasteiger partial charge in [0.15, 0.2) is 5.69 Å². The number of anilines is 1. The molecule has 0 bridgehead atoms. The number of hydrogen-bond donors (Lipinski definition) is 1. The Morgan fingerprint density at radius 2 is 2.00 bits per heavy atom. The van der Waals surface area contributed by atoms with Crippen LogP contribution in [-0.4, -0.2) is 42.1 Å². The molecule has 2 N–H and O–H groups in total. The summed E-state index contributed by atoms with van der Waals surface area (Å²) in [7, 11) is 3.64. The lowest BCUT2D eigenvalue weighted by Gasteiger charge is -2.12. The summed E-state index contributed by atoms with van der Waals surface area (Å²) in [6.07, 6.45) is -4.56. The van der Waals surface area contributed by atoms with Gasteiger partial charge >= 0.3 is 6.18 Å². The molecule has 0 saturated heterocycles. The number of nitrogen functional groups attached to an aromatic ring is 1. The lowest BCUT2D eigenvalue weighted by Crippen LogP contribution is -2.20. The maximum absolute atomic E-state index is 12.4. The van der Waals surface area contributed by atoms with E-state index in [9.17, 15) is 13.2 Å². The minimum absolute atomic E-state index is 0.174. The number of aromatic nitrogens is 2. The van der Waals surface area contributed by atoms with E-state index in [-0.39, 0.29) is 12.5 Å². The van der Waals surface area contributed by atoms with Gasteiger partial charge in [-0.2, -0.15) is 18.2 Å². The van der Waals surface area contributed by atoms with Gasteiger partial charge in [0.05, 0.1) is 0 Å². The normalized spacial score (nSPS) is 11.9. The molecule has 1 heterocycles. The molecule has 17 heavy (non-hydrogen) atoms. The molecule has 1 rings (SSSR count). The van der Waals surface area contributed by atoms with Crippen LogP contribution < -0.4 is 10.5 Å². The number of nitrogens with two attached hydrogens (primary N) is 1. The Bertz CT molecular complexity index is 381. The van der Waals surface area contributed by atoms with E-state index in [0.29, 0.717) is 6.54 Å². The van der Waals surface area contributed by atoms with Crippen molar-refractivity contribution in [3.05, 3.63) is 11.8 Å². The zero-order chi connectivity index (χ0) is 13.1. The van der Waals surface area contributed by atoms with Crippen molar-refractivity contribution in [3.63, 3.8) is 0 Å². The first-order valence-corrected chi connectivity index (χ1v) is 4.78. The van der Waals surface area contributed by atoms with E-state index in [1.165, 1.54) is 0 Å². The Labute approximate surface area is 96.4 Å². The third-order valence-corrected chi connectivity index (χ3v) is 1.80. The molecule has 0 radical (unpaired) electrons. The Morgan fingerprint density at radius 1 is 1.35 bits per heavy atom. The molecule has 8 heteroatoms. The van der Waals surface area contributed by atoms with E-state index in [2.05, 4.69) is 9.97 Å². The molecule has 0 fully saturated rings. The van der Waals surface area contributed by atoms with Crippen LogP contribution in [0.4, 0.5) is 19.1 Å². The molecule has 0 saturated carbocycles. The first-order valence-electron chi connectivity index (χ1n) is 4.78. The lowest BCUT2D eigenvalue weighted by atomic mass is 10.4. The highest BCUT2D eigenvalue weighted by Gasteiger charge is 2.33. The van der Waals surface area contributed by atoms with E-state index >= 15 is 0 Å². The van der Waals surface area contributed by atoms with Gasteiger partial charge in [0.1, 0.15) is 6.61 Å². The summed E-state index contributed by atoms with van der Waals surface area (Å²) in [5.74, 6) is -0.633. The second-order valence-electron chi connectivity index (χ2n) is 3.60. The Kier molecular flexibility index (Phi) is 4.11. The van der Waals surface area contributed by atoms with Crippen LogP contribution in [0.1, 0.15) is 5.69 Å². The monoisotopic (exact) mass is 250 g/mol. The van der Waals surface area contributed by atoms with Crippen molar-refractivity contribution in [1.82, 2.24) is 14.9 Å². The topological polar surface area (TPSA) is 64.3 Å². The van der Waals surface area contributed by atoms with E-state index in [4.69, 9.17) is 10.5 Å². The number of nitrogens with zero attached hydrogens (tertiary/aromatic N) is 3. The lowest BCUT2D eigenvalue weighted by molar-refractivity contribution is -0.141. The van der Waals surface area contributed by atoms with Crippen molar-refractivity contribution in [2.24, 2.45) is 0 Å². The molecule has 0 aliphatic rings. The zero-order valence-electron chi connectivity index (χ0n) is 9.45. The standard InChI is InChI=1S/C9H13F3N4O/c1-16(2)3-4-17-7-5-6(9(10,11)12)14-8(13)15-7/h5H,3-4H2,1-2H3,(H2,13,14,15). The molecule has 0 aliphatic carbocycles. The number of hydrogen-bond acceptors (Lipinski definition) is 5. The van der Waals surface area contributed by atoms with Crippen molar-refractivity contribution < 1.29 is 17.9 Å². The van der Waals surface area contributed by atoms with Crippen molar-refractivity contribution in [2.75, 3.05) is 33.0 Å². The average Bonchev–Trinajstić information content (AvgIpc) is 2.14. The number of rotatable bonds is 4. The summed E-state index contributed by atoms with van der Waals surface area (Å²) < 4.78 is 42.2. The van der Waals surface area contributed by atoms with Crippen LogP contribution in [-0.2, 0) is 6.18 Å². The molecule has 0 atom stereocenters. The minimum atomic E-state index is -4.56. The molecule has 5 nitrogen and oxygen atoms in total. The minimum Gasteiger partial charge on any atom is -0.476 e. The first-order chi connectivity index (χ1) is 7.79. The van der Waals surface area contributed by atoms with Gasteiger partial charge in [-0.1, -0.05) is 0 Å². The van der Waals surface area contributed by atoms with Gasteiger partial charge in [0.25, 0.3) is 0 Å². The highest BCUT2D eigenvalue weighted by molar-refractivity contribution is 5.27. The molecule has 96 valence electrons. The fraction of sp³-hybridized carbons (Fsp3) is 0.556. The maximum atomic E-state index is 12.4. The highest BCUT2D eigenvalue weighted by atomic mass is 19.4. The van der Waals surface area contributed by atoms with Crippen LogP contribution in [0.15, 0.2) is 6.07 Å². The van der Waals surface area contributed by atoms with Gasteiger partial charge in [0.2, 0.25) is 11.8 Å². The van der Waals surface area contributed by atoms with Gasteiger partial charge in [-0.05, 0) is 14.1 Å². The van der Waals surface area contributed by atoms with E-state index < -0.39 is 17.8 Å². The summed E-state index contributed by atoms with van der Waals surface area (Å²) in [4.78, 5) is 8.50. The van der Waals surface area contributed by atoms with Crippen molar-refractivity contribution in [1.29, 1.82) is 0 Å². The Hall–Kier alpha value is -1.57. The molecule has 0 amide bonds. The molecular formula is C9H13F3N4O. The number of halogens is 3. The van der Waals surface area contributed by atoms with Crippen LogP contribution in [0.2, 0.25) is 0 Å². The van der Waals surface area contributed by atoms with E-state index in [1.807, 2.05) is 19.0 Å². The van der Waals surface area contributed by atoms with Crippen LogP contribution in [0.25, 0.3) is 0 Å². The van der Waals surface area contributed by atoms with Crippen LogP contribution in [0, 0.1) is 0 Å². The number of ether oxygens (including phenoxy) is 1. The largest absolute Gasteiger partial charge is 0.476 e. The molecule has 1 aromatic heterocycles. The van der Waals surface area contributed by atoms with Gasteiger partial charge < -0.3 is 15.4 Å². The second-order valence-corrected chi connectivity index (χ2v) is 3.60. The third kappa shape index (κ3) is 4.43. The van der Waals surface area contributed by atoms with Crippen LogP contribution in [0.3, 0.4) is 0 Å². The zero-order valence-corrected chi connectivity index (χ0v) is 9.45. The number of likely N-dealkylation sites (N-methyl/N-ethyl adjacent to an activating group) is 1. The highest BCUT2D eigenvalue weighted by Crippen LogP contribution is 2.29. The summed E-state index contributed by atoms with van der Waals surface area (Å²) in [5.41, 5.74) is 4.07. The summed E-state index contributed by atoms with van der Waals surface area (Å²) in [6, 6.07) is 0.728. The van der Waals surface area contributed by atoms with Crippen LogP contribution >= 0.6 is 0 Å². The van der Waals surface area contributed by atoms with E-state index in [1.54, 1.807) is 0 Å². The summed E-state index contributed by atoms with van der Waals surface area (Å²) in [6.45, 7) is 0.784. The predicted octanol–water partition coefficient (Wildman–Crippen LogP) is 1.02. The fourth-order valence-electron chi connectivity index (χ4n) is 0.995. The maximum Gasteiger partial charge on any atom is 0.433 e. The van der Waals surface area contributed by atoms with Crippen molar-refractivity contribution in [2.45, 2.75) is 6.18 Å². The van der Waals surface area contributed by atoms with Crippen LogP contribution in [0.5, 0.6) is 5.88 Å². The molecule has 0 aromatic carbocycles. The summed E-state index contributed by atoms with van der Waals surface area (Å²) in [5, 5.41) is 0. The average molecular weight is 250 g/mol. The van der Waals surface area contributed by atoms with Gasteiger partial charge in [-0.3, -0.25) is 0 Å². The SMILES string of the molecule is CN(C)CCOc1cc(C(F)(F)F)nc(N)n1. The third-order valence-electron chi connectivity index (χ3n) is 1.80. The summed E-state index contributed by atoms with van der Waals surface area (Å²) >= 11 is 0. The molecule has 1 aromatic rings. The van der Waals surface area contributed by atoms with E-state index in [0.717, 1.165) is 6.07 Å². The Morgan fingerprint density at radius 3 is 2.53 bits per heavy atom. The fourth-order valence-corrected chi connectivity index (χ4v) is 0.995. The van der Waals surface area contributed by atoms with Gasteiger partial charge in [-0.25, -0.2) is 4.98 Å². The molecule has 0 aliphatic heterocycles. The van der Waals surface area contributed by atoms with Crippen molar-refractivity contribution in [3.8, 4) is 5.88 Å². The van der Waals surface area contributed by atoms with Gasteiger partial charge in [0, 0.05) is 12.6 Å². The van der Waals surface area contributed by atoms with Crippen molar-refractivity contribution >= 4 is 5.95 Å². The quantitative estimate of drug-likeness (QED) is 0.864. The Balaban J connectivity index is 2.76. The smallest absolute Gasteiger partial charge is 0.433 e. The molecular weight excluding hydrogens is 237 g/mol. The first kappa shape index (κ1) is 13.5. The second kappa shape index (κ2) is 5.17.